The van der Waals surface area contributed by atoms with E-state index in [1.54, 1.807) is 18.2 Å². The second-order valence-corrected chi connectivity index (χ2v) is 6.00. The number of anilines is 1. The summed E-state index contributed by atoms with van der Waals surface area (Å²) in [6.07, 6.45) is 1.44. The second kappa shape index (κ2) is 5.75. The number of halogens is 2. The average Bonchev–Trinajstić information content (AvgIpc) is 2.22. The van der Waals surface area contributed by atoms with Gasteiger partial charge in [-0.15, -0.1) is 0 Å². The molecule has 90 valence electrons. The first-order valence-electron chi connectivity index (χ1n) is 4.91. The Morgan fingerprint density at radius 1 is 1.31 bits per heavy atom. The van der Waals surface area contributed by atoms with E-state index < -0.39 is 10.0 Å². The summed E-state index contributed by atoms with van der Waals surface area (Å²) in [5.41, 5.74) is 0.324. The van der Waals surface area contributed by atoms with E-state index in [2.05, 4.69) is 4.72 Å². The van der Waals surface area contributed by atoms with Gasteiger partial charge in [0.2, 0.25) is 10.0 Å². The summed E-state index contributed by atoms with van der Waals surface area (Å²) in [6.45, 7) is 1.93. The maximum atomic E-state index is 11.6. The van der Waals surface area contributed by atoms with Crippen molar-refractivity contribution in [2.45, 2.75) is 19.8 Å². The standard InChI is InChI=1S/C10H13Cl2NO2S/c1-2-3-7-16(14,15)13-9-6-4-5-8(11)10(9)12/h4-6,13H,2-3,7H2,1H3. The van der Waals surface area contributed by atoms with Crippen LogP contribution in [0.3, 0.4) is 0 Å². The van der Waals surface area contributed by atoms with Crippen molar-refractivity contribution >= 4 is 38.9 Å². The molecule has 1 aromatic carbocycles. The van der Waals surface area contributed by atoms with E-state index >= 15 is 0 Å². The van der Waals surface area contributed by atoms with Crippen molar-refractivity contribution in [3.05, 3.63) is 28.2 Å². The minimum Gasteiger partial charge on any atom is -0.282 e. The quantitative estimate of drug-likeness (QED) is 0.897. The molecule has 16 heavy (non-hydrogen) atoms. The molecule has 0 heterocycles. The normalized spacial score (nSPS) is 11.4. The summed E-state index contributed by atoms with van der Waals surface area (Å²) in [6, 6.07) is 4.83. The monoisotopic (exact) mass is 281 g/mol. The molecule has 6 heteroatoms. The first-order valence-corrected chi connectivity index (χ1v) is 7.31. The molecule has 0 spiro atoms. The molecular weight excluding hydrogens is 269 g/mol. The van der Waals surface area contributed by atoms with Gasteiger partial charge in [0, 0.05) is 0 Å². The van der Waals surface area contributed by atoms with E-state index in [0.29, 0.717) is 17.1 Å². The number of sulfonamides is 1. The lowest BCUT2D eigenvalue weighted by Gasteiger charge is -2.09. The molecule has 1 rings (SSSR count). The van der Waals surface area contributed by atoms with Crippen molar-refractivity contribution in [1.82, 2.24) is 0 Å². The molecule has 0 aliphatic rings. The van der Waals surface area contributed by atoms with Crippen LogP contribution >= 0.6 is 23.2 Å². The SMILES string of the molecule is CCCCS(=O)(=O)Nc1cccc(Cl)c1Cl. The van der Waals surface area contributed by atoms with Gasteiger partial charge >= 0.3 is 0 Å². The molecule has 0 aliphatic heterocycles. The third kappa shape index (κ3) is 3.85. The summed E-state index contributed by atoms with van der Waals surface area (Å²) in [7, 11) is -3.33. The van der Waals surface area contributed by atoms with E-state index in [1.807, 2.05) is 6.92 Å². The van der Waals surface area contributed by atoms with Gasteiger partial charge < -0.3 is 0 Å². The first kappa shape index (κ1) is 13.6. The van der Waals surface area contributed by atoms with Crippen molar-refractivity contribution in [2.75, 3.05) is 10.5 Å². The highest BCUT2D eigenvalue weighted by Gasteiger charge is 2.12. The van der Waals surface area contributed by atoms with Crippen LogP contribution in [0.15, 0.2) is 18.2 Å². The smallest absolute Gasteiger partial charge is 0.232 e. The second-order valence-electron chi connectivity index (χ2n) is 3.38. The van der Waals surface area contributed by atoms with E-state index in [-0.39, 0.29) is 10.8 Å². The molecule has 0 fully saturated rings. The molecule has 0 amide bonds. The number of unbranched alkanes of at least 4 members (excludes halogenated alkanes) is 1. The lowest BCUT2D eigenvalue weighted by molar-refractivity contribution is 0.598. The van der Waals surface area contributed by atoms with Crippen LogP contribution in [-0.2, 0) is 10.0 Å². The fourth-order valence-electron chi connectivity index (χ4n) is 1.14. The van der Waals surface area contributed by atoms with Gasteiger partial charge in [0.1, 0.15) is 0 Å². The van der Waals surface area contributed by atoms with Crippen LogP contribution in [0.4, 0.5) is 5.69 Å². The average molecular weight is 282 g/mol. The Morgan fingerprint density at radius 2 is 2.00 bits per heavy atom. The number of nitrogens with one attached hydrogen (secondary N) is 1. The van der Waals surface area contributed by atoms with Crippen LogP contribution < -0.4 is 4.72 Å². The molecule has 1 N–H and O–H groups in total. The molecule has 3 nitrogen and oxygen atoms in total. The summed E-state index contributed by atoms with van der Waals surface area (Å²) < 4.78 is 25.6. The zero-order valence-corrected chi connectivity index (χ0v) is 11.2. The largest absolute Gasteiger partial charge is 0.282 e. The summed E-state index contributed by atoms with van der Waals surface area (Å²) in [5, 5.41) is 0.557. The maximum Gasteiger partial charge on any atom is 0.232 e. The predicted octanol–water partition coefficient (Wildman–Crippen LogP) is 3.54. The summed E-state index contributed by atoms with van der Waals surface area (Å²) in [4.78, 5) is 0. The van der Waals surface area contributed by atoms with Crippen LogP contribution in [0.25, 0.3) is 0 Å². The van der Waals surface area contributed by atoms with Crippen LogP contribution in [0.2, 0.25) is 10.0 Å². The Morgan fingerprint density at radius 3 is 2.62 bits per heavy atom. The Balaban J connectivity index is 2.84. The van der Waals surface area contributed by atoms with Gasteiger partial charge in [0.05, 0.1) is 21.5 Å². The fourth-order valence-corrected chi connectivity index (χ4v) is 2.82. The van der Waals surface area contributed by atoms with E-state index in [9.17, 15) is 8.42 Å². The Bertz CT molecular complexity index is 460. The highest BCUT2D eigenvalue weighted by atomic mass is 35.5. The predicted molar refractivity (Wildman–Crippen MR) is 68.8 cm³/mol. The molecule has 0 saturated carbocycles. The third-order valence-electron chi connectivity index (χ3n) is 1.98. The van der Waals surface area contributed by atoms with Crippen molar-refractivity contribution < 1.29 is 8.42 Å². The summed E-state index contributed by atoms with van der Waals surface area (Å²) >= 11 is 11.7. The zero-order chi connectivity index (χ0) is 12.2. The number of hydrogen-bond donors (Lipinski definition) is 1. The van der Waals surface area contributed by atoms with Crippen molar-refractivity contribution in [1.29, 1.82) is 0 Å². The molecule has 0 radical (unpaired) electrons. The molecule has 0 saturated heterocycles. The topological polar surface area (TPSA) is 46.2 Å². The highest BCUT2D eigenvalue weighted by Crippen LogP contribution is 2.30. The van der Waals surface area contributed by atoms with Crippen LogP contribution in [0.1, 0.15) is 19.8 Å². The lowest BCUT2D eigenvalue weighted by Crippen LogP contribution is -2.16. The third-order valence-corrected chi connectivity index (χ3v) is 4.16. The molecule has 0 atom stereocenters. The number of benzene rings is 1. The molecule has 0 aliphatic carbocycles. The molecular formula is C10H13Cl2NO2S. The van der Waals surface area contributed by atoms with Crippen LogP contribution in [0, 0.1) is 0 Å². The number of rotatable bonds is 5. The van der Waals surface area contributed by atoms with Crippen molar-refractivity contribution in [3.63, 3.8) is 0 Å². The fraction of sp³-hybridized carbons (Fsp3) is 0.400. The molecule has 0 unspecified atom stereocenters. The van der Waals surface area contributed by atoms with E-state index in [4.69, 9.17) is 23.2 Å². The van der Waals surface area contributed by atoms with Gasteiger partial charge in [-0.3, -0.25) is 4.72 Å². The van der Waals surface area contributed by atoms with Gasteiger partial charge in [0.15, 0.2) is 0 Å². The Kier molecular flexibility index (Phi) is 4.89. The van der Waals surface area contributed by atoms with E-state index in [1.165, 1.54) is 0 Å². The van der Waals surface area contributed by atoms with Gasteiger partial charge in [0.25, 0.3) is 0 Å². The first-order chi connectivity index (χ1) is 7.46. The van der Waals surface area contributed by atoms with E-state index in [0.717, 1.165) is 6.42 Å². The molecule has 0 aromatic heterocycles. The minimum absolute atomic E-state index is 0.0896. The highest BCUT2D eigenvalue weighted by molar-refractivity contribution is 7.92. The van der Waals surface area contributed by atoms with Gasteiger partial charge in [-0.25, -0.2) is 8.42 Å². The zero-order valence-electron chi connectivity index (χ0n) is 8.83. The van der Waals surface area contributed by atoms with Crippen molar-refractivity contribution in [2.24, 2.45) is 0 Å². The molecule has 0 bridgehead atoms. The summed E-state index contributed by atoms with van der Waals surface area (Å²) in [5.74, 6) is 0.0896. The maximum absolute atomic E-state index is 11.6. The Hall–Kier alpha value is -0.450. The van der Waals surface area contributed by atoms with Gasteiger partial charge in [-0.05, 0) is 18.6 Å². The number of hydrogen-bond acceptors (Lipinski definition) is 2. The van der Waals surface area contributed by atoms with Crippen LogP contribution in [0.5, 0.6) is 0 Å². The van der Waals surface area contributed by atoms with Gasteiger partial charge in [-0.1, -0.05) is 42.6 Å². The lowest BCUT2D eigenvalue weighted by atomic mass is 10.3. The molecule has 1 aromatic rings. The van der Waals surface area contributed by atoms with Gasteiger partial charge in [-0.2, -0.15) is 0 Å². The van der Waals surface area contributed by atoms with Crippen LogP contribution in [-0.4, -0.2) is 14.2 Å². The minimum atomic E-state index is -3.33. The Labute approximate surface area is 106 Å². The van der Waals surface area contributed by atoms with Crippen molar-refractivity contribution in [3.8, 4) is 0 Å².